The number of amides is 1. The van der Waals surface area contributed by atoms with Crippen molar-refractivity contribution in [1.82, 2.24) is 14.5 Å². The van der Waals surface area contributed by atoms with Crippen molar-refractivity contribution >= 4 is 5.91 Å². The minimum atomic E-state index is -0.732. The van der Waals surface area contributed by atoms with Gasteiger partial charge in [-0.1, -0.05) is 50.2 Å². The highest BCUT2D eigenvalue weighted by atomic mass is 16.5. The Balaban J connectivity index is 1.81. The topological polar surface area (TPSA) is 93.9 Å². The van der Waals surface area contributed by atoms with E-state index in [-0.39, 0.29) is 11.5 Å². The molecule has 1 aliphatic heterocycles. The first-order valence-corrected chi connectivity index (χ1v) is 12.3. The van der Waals surface area contributed by atoms with E-state index in [1.54, 1.807) is 23.1 Å². The summed E-state index contributed by atoms with van der Waals surface area (Å²) in [6.45, 7) is 5.10. The maximum absolute atomic E-state index is 13.6. The van der Waals surface area contributed by atoms with Gasteiger partial charge in [-0.25, -0.2) is 0 Å². The van der Waals surface area contributed by atoms with Crippen LogP contribution in [0.4, 0.5) is 0 Å². The molecule has 4 rings (SSSR count). The Morgan fingerprint density at radius 1 is 1.08 bits per heavy atom. The average molecular weight is 492 g/mol. The molecule has 0 unspecified atom stereocenters. The summed E-state index contributed by atoms with van der Waals surface area (Å²) in [7, 11) is 3.03. The Kier molecular flexibility index (Phi) is 7.62. The van der Waals surface area contributed by atoms with Crippen molar-refractivity contribution in [3.05, 3.63) is 75.8 Å². The maximum Gasteiger partial charge on any atom is 0.289 e. The van der Waals surface area contributed by atoms with Crippen LogP contribution in [-0.4, -0.2) is 52.8 Å². The van der Waals surface area contributed by atoms with Crippen molar-refractivity contribution in [3.8, 4) is 23.1 Å². The first-order chi connectivity index (χ1) is 17.3. The van der Waals surface area contributed by atoms with Crippen LogP contribution in [-0.2, 0) is 6.42 Å². The normalized spacial score (nSPS) is 15.4. The number of carbonyl (C=O) groups excluding carboxylic acids is 1. The molecule has 190 valence electrons. The van der Waals surface area contributed by atoms with Crippen LogP contribution in [0.25, 0.3) is 5.69 Å². The number of hydrogen-bond acceptors (Lipinski definition) is 6. The third-order valence-electron chi connectivity index (χ3n) is 6.67. The van der Waals surface area contributed by atoms with Gasteiger partial charge in [0.2, 0.25) is 5.88 Å². The van der Waals surface area contributed by atoms with E-state index in [0.29, 0.717) is 48.4 Å². The summed E-state index contributed by atoms with van der Waals surface area (Å²) >= 11 is 0. The van der Waals surface area contributed by atoms with E-state index in [2.05, 4.69) is 18.8 Å². The number of para-hydroxylation sites is 1. The Bertz CT molecular complexity index is 1260. The lowest BCUT2D eigenvalue weighted by atomic mass is 9.99. The van der Waals surface area contributed by atoms with Crippen LogP contribution >= 0.6 is 0 Å². The molecule has 1 fully saturated rings. The van der Waals surface area contributed by atoms with Crippen LogP contribution in [0, 0.1) is 5.92 Å². The van der Waals surface area contributed by atoms with Gasteiger partial charge >= 0.3 is 0 Å². The number of ether oxygens (including phenoxy) is 2. The lowest BCUT2D eigenvalue weighted by molar-refractivity contribution is 0.0784. The number of hydrogen-bond donors (Lipinski definition) is 1. The summed E-state index contributed by atoms with van der Waals surface area (Å²) in [5.74, 6) is 0.722. The van der Waals surface area contributed by atoms with E-state index >= 15 is 0 Å². The monoisotopic (exact) mass is 491 g/mol. The minimum absolute atomic E-state index is 0.173. The van der Waals surface area contributed by atoms with E-state index in [9.17, 15) is 14.7 Å². The number of rotatable bonds is 8. The van der Waals surface area contributed by atoms with Gasteiger partial charge in [0.1, 0.15) is 23.0 Å². The molecule has 1 aliphatic rings. The van der Waals surface area contributed by atoms with Crippen molar-refractivity contribution < 1.29 is 19.4 Å². The van der Waals surface area contributed by atoms with Gasteiger partial charge < -0.3 is 19.5 Å². The van der Waals surface area contributed by atoms with Gasteiger partial charge in [0, 0.05) is 25.4 Å². The Morgan fingerprint density at radius 3 is 2.36 bits per heavy atom. The zero-order valence-corrected chi connectivity index (χ0v) is 21.2. The van der Waals surface area contributed by atoms with Gasteiger partial charge in [-0.05, 0) is 36.5 Å². The SMILES string of the molecule is COc1cccc(OC)c1-n1c(CCC(C)C)nc(=O)c(C(=O)N2CC[C@@H](c3ccccc3)C2)c1O. The Labute approximate surface area is 211 Å². The van der Waals surface area contributed by atoms with Crippen LogP contribution < -0.4 is 15.0 Å². The van der Waals surface area contributed by atoms with Crippen molar-refractivity contribution in [3.63, 3.8) is 0 Å². The molecule has 0 bridgehead atoms. The summed E-state index contributed by atoms with van der Waals surface area (Å²) in [5.41, 5.74) is 0.466. The fourth-order valence-corrected chi connectivity index (χ4v) is 4.71. The van der Waals surface area contributed by atoms with Gasteiger partial charge in [0.15, 0.2) is 5.56 Å². The van der Waals surface area contributed by atoms with Gasteiger partial charge in [-0.3, -0.25) is 14.2 Å². The predicted molar refractivity (Wildman–Crippen MR) is 137 cm³/mol. The van der Waals surface area contributed by atoms with Crippen molar-refractivity contribution in [2.75, 3.05) is 27.3 Å². The van der Waals surface area contributed by atoms with Gasteiger partial charge in [-0.15, -0.1) is 0 Å². The highest BCUT2D eigenvalue weighted by Gasteiger charge is 2.33. The third-order valence-corrected chi connectivity index (χ3v) is 6.67. The van der Waals surface area contributed by atoms with Crippen LogP contribution in [0.1, 0.15) is 54.4 Å². The van der Waals surface area contributed by atoms with Crippen molar-refractivity contribution in [2.24, 2.45) is 5.92 Å². The van der Waals surface area contributed by atoms with E-state index < -0.39 is 17.3 Å². The fourth-order valence-electron chi connectivity index (χ4n) is 4.71. The van der Waals surface area contributed by atoms with E-state index in [1.807, 2.05) is 30.3 Å². The maximum atomic E-state index is 13.6. The molecule has 1 aromatic heterocycles. The van der Waals surface area contributed by atoms with Gasteiger partial charge in [0.25, 0.3) is 11.5 Å². The van der Waals surface area contributed by atoms with Crippen LogP contribution in [0.2, 0.25) is 0 Å². The largest absolute Gasteiger partial charge is 0.494 e. The molecule has 1 N–H and O–H groups in total. The molecule has 8 heteroatoms. The van der Waals surface area contributed by atoms with Crippen LogP contribution in [0.15, 0.2) is 53.3 Å². The number of aromatic nitrogens is 2. The van der Waals surface area contributed by atoms with E-state index in [1.165, 1.54) is 18.8 Å². The second-order valence-corrected chi connectivity index (χ2v) is 9.46. The molecular weight excluding hydrogens is 458 g/mol. The number of benzene rings is 2. The highest BCUT2D eigenvalue weighted by molar-refractivity contribution is 5.96. The molecule has 8 nitrogen and oxygen atoms in total. The number of aromatic hydroxyl groups is 1. The summed E-state index contributed by atoms with van der Waals surface area (Å²) in [6.07, 6.45) is 1.95. The van der Waals surface area contributed by atoms with E-state index in [0.717, 1.165) is 18.4 Å². The summed E-state index contributed by atoms with van der Waals surface area (Å²) in [4.78, 5) is 32.6. The lowest BCUT2D eigenvalue weighted by Crippen LogP contribution is -2.35. The van der Waals surface area contributed by atoms with Crippen molar-refractivity contribution in [1.29, 1.82) is 0 Å². The number of methoxy groups -OCH3 is 2. The third kappa shape index (κ3) is 4.94. The summed E-state index contributed by atoms with van der Waals surface area (Å²) < 4.78 is 12.5. The van der Waals surface area contributed by atoms with Crippen LogP contribution in [0.3, 0.4) is 0 Å². The average Bonchev–Trinajstić information content (AvgIpc) is 3.38. The van der Waals surface area contributed by atoms with Crippen molar-refractivity contribution in [2.45, 2.75) is 39.0 Å². The zero-order chi connectivity index (χ0) is 25.8. The number of likely N-dealkylation sites (tertiary alicyclic amines) is 1. The standard InChI is InChI=1S/C28H33N3O5/c1-18(2)13-14-23-29-26(32)24(27(33)30-16-15-20(17-30)19-9-6-5-7-10-19)28(34)31(23)25-21(35-3)11-8-12-22(25)36-4/h5-12,18,20,34H,13-17H2,1-4H3/t20-/m1/s1. The highest BCUT2D eigenvalue weighted by Crippen LogP contribution is 2.37. The molecule has 0 saturated carbocycles. The predicted octanol–water partition coefficient (Wildman–Crippen LogP) is 4.17. The molecule has 36 heavy (non-hydrogen) atoms. The molecule has 0 radical (unpaired) electrons. The smallest absolute Gasteiger partial charge is 0.289 e. The van der Waals surface area contributed by atoms with Gasteiger partial charge in [-0.2, -0.15) is 4.98 Å². The number of aryl methyl sites for hydroxylation is 1. The molecule has 1 amide bonds. The number of carbonyl (C=O) groups is 1. The van der Waals surface area contributed by atoms with E-state index in [4.69, 9.17) is 9.47 Å². The molecule has 0 aliphatic carbocycles. The fraction of sp³-hybridized carbons (Fsp3) is 0.393. The Morgan fingerprint density at radius 2 is 1.75 bits per heavy atom. The molecule has 1 atom stereocenters. The second-order valence-electron chi connectivity index (χ2n) is 9.46. The zero-order valence-electron chi connectivity index (χ0n) is 21.2. The molecule has 2 heterocycles. The molecule has 3 aromatic rings. The molecule has 2 aromatic carbocycles. The second kappa shape index (κ2) is 10.8. The quantitative estimate of drug-likeness (QED) is 0.508. The molecular formula is C28H33N3O5. The molecule has 0 spiro atoms. The first-order valence-electron chi connectivity index (χ1n) is 12.3. The lowest BCUT2D eigenvalue weighted by Gasteiger charge is -2.23. The number of nitrogens with zero attached hydrogens (tertiary/aromatic N) is 3. The van der Waals surface area contributed by atoms with Gasteiger partial charge in [0.05, 0.1) is 14.2 Å². The summed E-state index contributed by atoms with van der Waals surface area (Å²) in [6, 6.07) is 15.2. The van der Waals surface area contributed by atoms with Crippen LogP contribution in [0.5, 0.6) is 17.4 Å². The Hall–Kier alpha value is -3.81. The summed E-state index contributed by atoms with van der Waals surface area (Å²) in [5, 5.41) is 11.5. The first kappa shape index (κ1) is 25.3. The molecule has 1 saturated heterocycles. The minimum Gasteiger partial charge on any atom is -0.494 e.